The minimum absolute atomic E-state index is 1.23. The number of hydrogen-bond donors (Lipinski definition) is 1. The lowest BCUT2D eigenvalue weighted by molar-refractivity contribution is 1.30. The first kappa shape index (κ1) is 7.74. The molecule has 12 heavy (non-hydrogen) atoms. The first-order valence-electron chi connectivity index (χ1n) is 3.93. The quantitative estimate of drug-likeness (QED) is 0.661. The van der Waals surface area contributed by atoms with Crippen LogP contribution in [0.2, 0.25) is 0 Å². The molecule has 0 amide bonds. The zero-order chi connectivity index (χ0) is 8.55. The molecule has 0 radical (unpaired) electrons. The van der Waals surface area contributed by atoms with Crippen molar-refractivity contribution >= 4 is 22.7 Å². The Kier molecular flexibility index (Phi) is 1.85. The van der Waals surface area contributed by atoms with E-state index in [2.05, 4.69) is 42.4 Å². The Hall–Kier alpha value is -0.890. The Morgan fingerprint density at radius 2 is 2.17 bits per heavy atom. The first-order valence-corrected chi connectivity index (χ1v) is 5.16. The van der Waals surface area contributed by atoms with Gasteiger partial charge in [0.15, 0.2) is 0 Å². The van der Waals surface area contributed by atoms with Crippen LogP contribution in [-0.4, -0.2) is 11.2 Å². The van der Waals surface area contributed by atoms with E-state index in [9.17, 15) is 0 Å². The standard InChI is InChI=1S/C10H11NS/c1-7-6-8-9(11-7)4-3-5-10(8)12-2/h3-6,11H,1-2H3. The summed E-state index contributed by atoms with van der Waals surface area (Å²) in [7, 11) is 0. The second kappa shape index (κ2) is 2.87. The Morgan fingerprint density at radius 3 is 2.92 bits per heavy atom. The van der Waals surface area contributed by atoms with E-state index in [0.717, 1.165) is 0 Å². The molecule has 1 aromatic carbocycles. The van der Waals surface area contributed by atoms with Crippen molar-refractivity contribution in [3.05, 3.63) is 30.0 Å². The van der Waals surface area contributed by atoms with Gasteiger partial charge < -0.3 is 4.98 Å². The molecule has 62 valence electrons. The lowest BCUT2D eigenvalue weighted by atomic mass is 10.2. The topological polar surface area (TPSA) is 15.8 Å². The summed E-state index contributed by atoms with van der Waals surface area (Å²) in [5.74, 6) is 0. The van der Waals surface area contributed by atoms with Crippen LogP contribution in [0.15, 0.2) is 29.2 Å². The van der Waals surface area contributed by atoms with Gasteiger partial charge in [0, 0.05) is 21.5 Å². The number of aromatic nitrogens is 1. The van der Waals surface area contributed by atoms with Gasteiger partial charge in [0.05, 0.1) is 0 Å². The van der Waals surface area contributed by atoms with Gasteiger partial charge in [-0.25, -0.2) is 0 Å². The van der Waals surface area contributed by atoms with E-state index in [4.69, 9.17) is 0 Å². The highest BCUT2D eigenvalue weighted by atomic mass is 32.2. The zero-order valence-corrected chi connectivity index (χ0v) is 8.03. The highest BCUT2D eigenvalue weighted by Crippen LogP contribution is 2.26. The number of aryl methyl sites for hydroxylation is 1. The van der Waals surface area contributed by atoms with E-state index in [1.165, 1.54) is 21.5 Å². The summed E-state index contributed by atoms with van der Waals surface area (Å²) in [6, 6.07) is 8.55. The van der Waals surface area contributed by atoms with Crippen molar-refractivity contribution in [3.63, 3.8) is 0 Å². The van der Waals surface area contributed by atoms with Crippen LogP contribution in [0.5, 0.6) is 0 Å². The maximum atomic E-state index is 3.32. The van der Waals surface area contributed by atoms with Crippen LogP contribution in [0, 0.1) is 6.92 Å². The van der Waals surface area contributed by atoms with Gasteiger partial charge in [-0.1, -0.05) is 6.07 Å². The summed E-state index contributed by atoms with van der Waals surface area (Å²) >= 11 is 1.79. The van der Waals surface area contributed by atoms with E-state index in [-0.39, 0.29) is 0 Å². The summed E-state index contributed by atoms with van der Waals surface area (Å²) in [6.45, 7) is 2.09. The van der Waals surface area contributed by atoms with E-state index in [0.29, 0.717) is 0 Å². The van der Waals surface area contributed by atoms with Gasteiger partial charge in [0.1, 0.15) is 0 Å². The van der Waals surface area contributed by atoms with Crippen LogP contribution < -0.4 is 0 Å². The summed E-state index contributed by atoms with van der Waals surface area (Å²) in [4.78, 5) is 4.66. The second-order valence-corrected chi connectivity index (χ2v) is 3.72. The minimum Gasteiger partial charge on any atom is -0.359 e. The van der Waals surface area contributed by atoms with Crippen molar-refractivity contribution in [2.75, 3.05) is 6.26 Å². The zero-order valence-electron chi connectivity index (χ0n) is 7.22. The van der Waals surface area contributed by atoms with E-state index >= 15 is 0 Å². The minimum atomic E-state index is 1.23. The molecule has 0 saturated heterocycles. The molecule has 0 aliphatic rings. The van der Waals surface area contributed by atoms with Crippen LogP contribution in [-0.2, 0) is 0 Å². The predicted octanol–water partition coefficient (Wildman–Crippen LogP) is 3.20. The molecule has 0 aliphatic heterocycles. The van der Waals surface area contributed by atoms with Gasteiger partial charge in [-0.2, -0.15) is 0 Å². The van der Waals surface area contributed by atoms with Crippen LogP contribution in [0.1, 0.15) is 5.69 Å². The molecule has 0 bridgehead atoms. The Labute approximate surface area is 76.2 Å². The number of aromatic amines is 1. The molecule has 0 fully saturated rings. The molecular weight excluding hydrogens is 166 g/mol. The maximum absolute atomic E-state index is 3.32. The number of nitrogens with one attached hydrogen (secondary N) is 1. The largest absolute Gasteiger partial charge is 0.359 e. The second-order valence-electron chi connectivity index (χ2n) is 2.87. The van der Waals surface area contributed by atoms with Gasteiger partial charge in [0.25, 0.3) is 0 Å². The van der Waals surface area contributed by atoms with Gasteiger partial charge >= 0.3 is 0 Å². The van der Waals surface area contributed by atoms with E-state index in [1.54, 1.807) is 11.8 Å². The molecule has 2 rings (SSSR count). The highest BCUT2D eigenvalue weighted by Gasteiger charge is 2.00. The molecule has 0 aliphatic carbocycles. The molecule has 0 unspecified atom stereocenters. The monoisotopic (exact) mass is 177 g/mol. The Balaban J connectivity index is 2.78. The average molecular weight is 177 g/mol. The van der Waals surface area contributed by atoms with Crippen molar-refractivity contribution in [1.82, 2.24) is 4.98 Å². The van der Waals surface area contributed by atoms with Crippen LogP contribution in [0.25, 0.3) is 10.9 Å². The number of thioether (sulfide) groups is 1. The molecule has 0 saturated carbocycles. The molecule has 1 heterocycles. The summed E-state index contributed by atoms with van der Waals surface area (Å²) in [5.41, 5.74) is 2.46. The molecule has 2 aromatic rings. The van der Waals surface area contributed by atoms with Gasteiger partial charge in [0.2, 0.25) is 0 Å². The smallest absolute Gasteiger partial charge is 0.0467 e. The predicted molar refractivity (Wildman–Crippen MR) is 54.8 cm³/mol. The summed E-state index contributed by atoms with van der Waals surface area (Å²) in [6.07, 6.45) is 2.11. The van der Waals surface area contributed by atoms with Crippen LogP contribution in [0.4, 0.5) is 0 Å². The van der Waals surface area contributed by atoms with E-state index < -0.39 is 0 Å². The fourth-order valence-electron chi connectivity index (χ4n) is 1.44. The van der Waals surface area contributed by atoms with Gasteiger partial charge in [-0.15, -0.1) is 11.8 Å². The number of fused-ring (bicyclic) bond motifs is 1. The molecule has 0 spiro atoms. The average Bonchev–Trinajstić information content (AvgIpc) is 2.44. The number of hydrogen-bond acceptors (Lipinski definition) is 1. The van der Waals surface area contributed by atoms with Crippen molar-refractivity contribution in [1.29, 1.82) is 0 Å². The summed E-state index contributed by atoms with van der Waals surface area (Å²) < 4.78 is 0. The fraction of sp³-hybridized carbons (Fsp3) is 0.200. The number of H-pyrrole nitrogens is 1. The summed E-state index contributed by atoms with van der Waals surface area (Å²) in [5, 5.41) is 1.34. The van der Waals surface area contributed by atoms with Gasteiger partial charge in [-0.05, 0) is 31.4 Å². The highest BCUT2D eigenvalue weighted by molar-refractivity contribution is 7.98. The van der Waals surface area contributed by atoms with E-state index in [1.807, 2.05) is 0 Å². The van der Waals surface area contributed by atoms with Crippen LogP contribution >= 0.6 is 11.8 Å². The first-order chi connectivity index (χ1) is 5.81. The lowest BCUT2D eigenvalue weighted by Gasteiger charge is -1.96. The van der Waals surface area contributed by atoms with Crippen molar-refractivity contribution in [2.45, 2.75) is 11.8 Å². The van der Waals surface area contributed by atoms with Crippen molar-refractivity contribution in [3.8, 4) is 0 Å². The maximum Gasteiger partial charge on any atom is 0.0467 e. The fourth-order valence-corrected chi connectivity index (χ4v) is 2.05. The molecule has 1 nitrogen and oxygen atoms in total. The lowest BCUT2D eigenvalue weighted by Crippen LogP contribution is -1.71. The van der Waals surface area contributed by atoms with Crippen LogP contribution in [0.3, 0.4) is 0 Å². The third-order valence-corrected chi connectivity index (χ3v) is 2.77. The molecule has 1 N–H and O–H groups in total. The molecular formula is C10H11NS. The number of rotatable bonds is 1. The third-order valence-electron chi connectivity index (χ3n) is 1.98. The van der Waals surface area contributed by atoms with Crippen molar-refractivity contribution in [2.24, 2.45) is 0 Å². The Bertz CT molecular complexity index is 403. The van der Waals surface area contributed by atoms with Crippen molar-refractivity contribution < 1.29 is 0 Å². The molecule has 2 heteroatoms. The number of benzene rings is 1. The Morgan fingerprint density at radius 1 is 1.33 bits per heavy atom. The third kappa shape index (κ3) is 1.12. The molecule has 0 atom stereocenters. The van der Waals surface area contributed by atoms with Gasteiger partial charge in [-0.3, -0.25) is 0 Å². The SMILES string of the molecule is CSc1cccc2[nH]c(C)cc12. The normalized spacial score (nSPS) is 10.8. The molecule has 1 aromatic heterocycles.